The molecular formula is C17H17N3O2S. The number of nitrogens with zero attached hydrogens (tertiary/aromatic N) is 2. The average Bonchev–Trinajstić information content (AvgIpc) is 2.99. The van der Waals surface area contributed by atoms with Crippen molar-refractivity contribution in [1.29, 1.82) is 0 Å². The van der Waals surface area contributed by atoms with Crippen LogP contribution in [0.15, 0.2) is 48.0 Å². The van der Waals surface area contributed by atoms with Gasteiger partial charge in [-0.3, -0.25) is 0 Å². The molecule has 5 nitrogen and oxygen atoms in total. The summed E-state index contributed by atoms with van der Waals surface area (Å²) in [6, 6.07) is 11.5. The van der Waals surface area contributed by atoms with Gasteiger partial charge < -0.3 is 14.8 Å². The summed E-state index contributed by atoms with van der Waals surface area (Å²) in [5.74, 6) is 2.13. The molecule has 0 saturated carbocycles. The lowest BCUT2D eigenvalue weighted by Crippen LogP contribution is -2.02. The first-order chi connectivity index (χ1) is 11.3. The SMILES string of the molecule is COc1ccccc1COc1cccnc1Nc1nc(C)cs1. The number of aryl methyl sites for hydroxylation is 1. The summed E-state index contributed by atoms with van der Waals surface area (Å²) < 4.78 is 11.3. The maximum atomic E-state index is 5.92. The van der Waals surface area contributed by atoms with Gasteiger partial charge in [0.15, 0.2) is 16.7 Å². The zero-order valence-corrected chi connectivity index (χ0v) is 13.8. The lowest BCUT2D eigenvalue weighted by atomic mass is 10.2. The molecule has 0 fully saturated rings. The zero-order valence-electron chi connectivity index (χ0n) is 12.9. The van der Waals surface area contributed by atoms with Gasteiger partial charge in [0.2, 0.25) is 0 Å². The van der Waals surface area contributed by atoms with Crippen molar-refractivity contribution in [2.75, 3.05) is 12.4 Å². The molecule has 23 heavy (non-hydrogen) atoms. The number of pyridine rings is 1. The summed E-state index contributed by atoms with van der Waals surface area (Å²) in [7, 11) is 1.65. The van der Waals surface area contributed by atoms with Gasteiger partial charge >= 0.3 is 0 Å². The van der Waals surface area contributed by atoms with Crippen molar-refractivity contribution >= 4 is 22.3 Å². The second kappa shape index (κ2) is 7.11. The molecule has 0 aliphatic carbocycles. The maximum absolute atomic E-state index is 5.92. The van der Waals surface area contributed by atoms with Gasteiger partial charge in [0.25, 0.3) is 0 Å². The van der Waals surface area contributed by atoms with Crippen LogP contribution < -0.4 is 14.8 Å². The molecule has 1 N–H and O–H groups in total. The smallest absolute Gasteiger partial charge is 0.188 e. The number of rotatable bonds is 6. The number of hydrogen-bond acceptors (Lipinski definition) is 6. The minimum absolute atomic E-state index is 0.404. The van der Waals surface area contributed by atoms with Gasteiger partial charge in [-0.05, 0) is 25.1 Å². The Hall–Kier alpha value is -2.60. The Balaban J connectivity index is 1.75. The van der Waals surface area contributed by atoms with E-state index in [2.05, 4.69) is 15.3 Å². The molecule has 118 valence electrons. The van der Waals surface area contributed by atoms with Crippen molar-refractivity contribution < 1.29 is 9.47 Å². The average molecular weight is 327 g/mol. The fourth-order valence-electron chi connectivity index (χ4n) is 2.09. The Bertz CT molecular complexity index is 789. The van der Waals surface area contributed by atoms with E-state index in [-0.39, 0.29) is 0 Å². The number of benzene rings is 1. The zero-order chi connectivity index (χ0) is 16.1. The van der Waals surface area contributed by atoms with Crippen LogP contribution in [0.25, 0.3) is 0 Å². The minimum atomic E-state index is 0.404. The third kappa shape index (κ3) is 3.78. The van der Waals surface area contributed by atoms with Gasteiger partial charge in [0.05, 0.1) is 12.8 Å². The largest absolute Gasteiger partial charge is 0.496 e. The fraction of sp³-hybridized carbons (Fsp3) is 0.176. The third-order valence-electron chi connectivity index (χ3n) is 3.19. The Morgan fingerprint density at radius 1 is 1.13 bits per heavy atom. The highest BCUT2D eigenvalue weighted by atomic mass is 32.1. The molecule has 1 aromatic carbocycles. The van der Waals surface area contributed by atoms with E-state index in [0.29, 0.717) is 18.2 Å². The van der Waals surface area contributed by atoms with Crippen LogP contribution in [0.5, 0.6) is 11.5 Å². The number of nitrogens with one attached hydrogen (secondary N) is 1. The molecule has 3 aromatic rings. The van der Waals surface area contributed by atoms with Gasteiger partial charge in [-0.1, -0.05) is 18.2 Å². The fourth-order valence-corrected chi connectivity index (χ4v) is 2.78. The van der Waals surface area contributed by atoms with Crippen LogP contribution in [0.3, 0.4) is 0 Å². The summed E-state index contributed by atoms with van der Waals surface area (Å²) in [5.41, 5.74) is 1.96. The minimum Gasteiger partial charge on any atom is -0.496 e. The number of anilines is 2. The van der Waals surface area contributed by atoms with Gasteiger partial charge in [-0.2, -0.15) is 0 Å². The van der Waals surface area contributed by atoms with Crippen LogP contribution in [-0.4, -0.2) is 17.1 Å². The molecule has 0 saturated heterocycles. The third-order valence-corrected chi connectivity index (χ3v) is 4.07. The first-order valence-corrected chi connectivity index (χ1v) is 8.03. The van der Waals surface area contributed by atoms with Crippen molar-refractivity contribution in [1.82, 2.24) is 9.97 Å². The van der Waals surface area contributed by atoms with Crippen LogP contribution in [0, 0.1) is 6.92 Å². The molecule has 0 aliphatic heterocycles. The number of aromatic nitrogens is 2. The highest BCUT2D eigenvalue weighted by Gasteiger charge is 2.09. The molecule has 0 bridgehead atoms. The summed E-state index contributed by atoms with van der Waals surface area (Å²) in [6.07, 6.45) is 1.72. The molecule has 0 amide bonds. The van der Waals surface area contributed by atoms with Crippen LogP contribution in [0.1, 0.15) is 11.3 Å². The number of hydrogen-bond donors (Lipinski definition) is 1. The molecular weight excluding hydrogens is 310 g/mol. The van der Waals surface area contributed by atoms with E-state index in [1.54, 1.807) is 13.3 Å². The van der Waals surface area contributed by atoms with Gasteiger partial charge in [0, 0.05) is 17.1 Å². The Morgan fingerprint density at radius 3 is 2.74 bits per heavy atom. The monoisotopic (exact) mass is 327 g/mol. The van der Waals surface area contributed by atoms with E-state index in [0.717, 1.165) is 22.1 Å². The van der Waals surface area contributed by atoms with Crippen molar-refractivity contribution in [3.05, 3.63) is 59.2 Å². The van der Waals surface area contributed by atoms with Crippen LogP contribution in [-0.2, 0) is 6.61 Å². The van der Waals surface area contributed by atoms with Crippen molar-refractivity contribution in [3.63, 3.8) is 0 Å². The quantitative estimate of drug-likeness (QED) is 0.736. The highest BCUT2D eigenvalue weighted by molar-refractivity contribution is 7.13. The van der Waals surface area contributed by atoms with E-state index in [1.165, 1.54) is 11.3 Å². The molecule has 0 atom stereocenters. The summed E-state index contributed by atoms with van der Waals surface area (Å²) in [6.45, 7) is 2.36. The van der Waals surface area contributed by atoms with Crippen LogP contribution in [0.4, 0.5) is 10.9 Å². The lowest BCUT2D eigenvalue weighted by molar-refractivity contribution is 0.297. The summed E-state index contributed by atoms with van der Waals surface area (Å²) in [5, 5.41) is 5.98. The van der Waals surface area contributed by atoms with Crippen molar-refractivity contribution in [3.8, 4) is 11.5 Å². The van der Waals surface area contributed by atoms with E-state index < -0.39 is 0 Å². The first kappa shape index (κ1) is 15.3. The Labute approximate surface area is 138 Å². The van der Waals surface area contributed by atoms with Crippen molar-refractivity contribution in [2.24, 2.45) is 0 Å². The number of ether oxygens (including phenoxy) is 2. The molecule has 3 rings (SSSR count). The van der Waals surface area contributed by atoms with E-state index >= 15 is 0 Å². The van der Waals surface area contributed by atoms with Gasteiger partial charge in [-0.25, -0.2) is 9.97 Å². The lowest BCUT2D eigenvalue weighted by Gasteiger charge is -2.12. The standard InChI is InChI=1S/C17H17N3O2S/c1-12-11-23-17(19-12)20-16-15(8-5-9-18-16)22-10-13-6-3-4-7-14(13)21-2/h3-9,11H,10H2,1-2H3,(H,18,19,20). The Kier molecular flexibility index (Phi) is 4.73. The summed E-state index contributed by atoms with van der Waals surface area (Å²) in [4.78, 5) is 8.72. The molecule has 6 heteroatoms. The van der Waals surface area contributed by atoms with Crippen LogP contribution in [0.2, 0.25) is 0 Å². The normalized spacial score (nSPS) is 10.3. The number of methoxy groups -OCH3 is 1. The number of para-hydroxylation sites is 1. The Morgan fingerprint density at radius 2 is 1.96 bits per heavy atom. The van der Waals surface area contributed by atoms with E-state index in [1.807, 2.05) is 48.7 Å². The highest BCUT2D eigenvalue weighted by Crippen LogP contribution is 2.28. The predicted octanol–water partition coefficient (Wildman–Crippen LogP) is 4.18. The van der Waals surface area contributed by atoms with Crippen molar-refractivity contribution in [2.45, 2.75) is 13.5 Å². The van der Waals surface area contributed by atoms with Crippen LogP contribution >= 0.6 is 11.3 Å². The molecule has 0 unspecified atom stereocenters. The molecule has 0 spiro atoms. The molecule has 2 aromatic heterocycles. The topological polar surface area (TPSA) is 56.3 Å². The van der Waals surface area contributed by atoms with Gasteiger partial charge in [-0.15, -0.1) is 11.3 Å². The number of thiazole rings is 1. The second-order valence-electron chi connectivity index (χ2n) is 4.87. The first-order valence-electron chi connectivity index (χ1n) is 7.15. The summed E-state index contributed by atoms with van der Waals surface area (Å²) >= 11 is 1.54. The maximum Gasteiger partial charge on any atom is 0.188 e. The molecule has 0 radical (unpaired) electrons. The molecule has 0 aliphatic rings. The second-order valence-corrected chi connectivity index (χ2v) is 5.73. The molecule has 2 heterocycles. The van der Waals surface area contributed by atoms with E-state index in [9.17, 15) is 0 Å². The van der Waals surface area contributed by atoms with E-state index in [4.69, 9.17) is 9.47 Å². The predicted molar refractivity (Wildman–Crippen MR) is 91.7 cm³/mol. The van der Waals surface area contributed by atoms with Gasteiger partial charge in [0.1, 0.15) is 12.4 Å².